The lowest BCUT2D eigenvalue weighted by Gasteiger charge is -2.14. The van der Waals surface area contributed by atoms with Crippen molar-refractivity contribution in [3.8, 4) is 0 Å². The van der Waals surface area contributed by atoms with Gasteiger partial charge >= 0.3 is 6.18 Å². The zero-order valence-electron chi connectivity index (χ0n) is 11.0. The first-order valence-electron chi connectivity index (χ1n) is 6.05. The molecule has 0 saturated heterocycles. The fraction of sp³-hybridized carbons (Fsp3) is 0.214. The van der Waals surface area contributed by atoms with Crippen LogP contribution < -0.4 is 5.32 Å². The maximum absolute atomic E-state index is 13.2. The monoisotopic (exact) mass is 332 g/mol. The minimum Gasteiger partial charge on any atom is -0.316 e. The largest absolute Gasteiger partial charge is 0.417 e. The molecule has 0 aliphatic heterocycles. The van der Waals surface area contributed by atoms with Crippen LogP contribution in [-0.4, -0.2) is 12.0 Å². The second kappa shape index (κ2) is 6.68. The van der Waals surface area contributed by atoms with Crippen LogP contribution in [0.3, 0.4) is 0 Å². The molecule has 0 atom stereocenters. The van der Waals surface area contributed by atoms with Crippen molar-refractivity contribution in [2.75, 3.05) is 7.05 Å². The molecule has 1 aromatic carbocycles. The van der Waals surface area contributed by atoms with Gasteiger partial charge in [0.05, 0.1) is 10.6 Å². The summed E-state index contributed by atoms with van der Waals surface area (Å²) in [5, 5.41) is 3.51. The number of benzene rings is 1. The van der Waals surface area contributed by atoms with E-state index < -0.39 is 11.7 Å². The Labute approximate surface area is 129 Å². The molecule has 1 heterocycles. The summed E-state index contributed by atoms with van der Waals surface area (Å²) in [7, 11) is 1.68. The maximum Gasteiger partial charge on any atom is 0.417 e. The molecule has 0 aliphatic carbocycles. The van der Waals surface area contributed by atoms with Crippen molar-refractivity contribution in [1.29, 1.82) is 0 Å². The minimum absolute atomic E-state index is 0.0861. The first-order valence-corrected chi connectivity index (χ1v) is 7.24. The summed E-state index contributed by atoms with van der Waals surface area (Å²) >= 11 is 6.86. The van der Waals surface area contributed by atoms with Gasteiger partial charge in [-0.3, -0.25) is 0 Å². The highest BCUT2D eigenvalue weighted by atomic mass is 35.5. The fourth-order valence-electron chi connectivity index (χ4n) is 1.75. The van der Waals surface area contributed by atoms with Crippen LogP contribution in [-0.2, 0) is 12.7 Å². The number of nitrogens with zero attached hydrogens (tertiary/aromatic N) is 1. The van der Waals surface area contributed by atoms with Crippen molar-refractivity contribution in [2.45, 2.75) is 22.6 Å². The Bertz CT molecular complexity index is 632. The lowest BCUT2D eigenvalue weighted by molar-refractivity contribution is -0.139. The van der Waals surface area contributed by atoms with E-state index in [0.717, 1.165) is 17.8 Å². The Kier molecular flexibility index (Phi) is 5.13. The lowest BCUT2D eigenvalue weighted by Crippen LogP contribution is -2.10. The van der Waals surface area contributed by atoms with Crippen molar-refractivity contribution in [3.63, 3.8) is 0 Å². The molecule has 0 spiro atoms. The molecule has 2 aromatic rings. The van der Waals surface area contributed by atoms with Crippen LogP contribution in [0.25, 0.3) is 0 Å². The van der Waals surface area contributed by atoms with Crippen LogP contribution in [0.4, 0.5) is 13.2 Å². The number of nitrogens with one attached hydrogen (secondary N) is 1. The van der Waals surface area contributed by atoms with E-state index in [-0.39, 0.29) is 4.90 Å². The Hall–Kier alpha value is -1.24. The predicted octanol–water partition coefficient (Wildman–Crippen LogP) is 4.62. The van der Waals surface area contributed by atoms with Crippen molar-refractivity contribution in [2.24, 2.45) is 0 Å². The summed E-state index contributed by atoms with van der Waals surface area (Å²) in [5.74, 6) is 0. The molecule has 0 amide bonds. The smallest absolute Gasteiger partial charge is 0.316 e. The van der Waals surface area contributed by atoms with Gasteiger partial charge in [0.1, 0.15) is 5.03 Å². The van der Waals surface area contributed by atoms with E-state index in [0.29, 0.717) is 22.2 Å². The maximum atomic E-state index is 13.2. The molecule has 7 heteroatoms. The number of alkyl halides is 3. The van der Waals surface area contributed by atoms with E-state index in [2.05, 4.69) is 10.3 Å². The number of hydrogen-bond acceptors (Lipinski definition) is 3. The molecule has 1 N–H and O–H groups in total. The van der Waals surface area contributed by atoms with Gasteiger partial charge in [0.25, 0.3) is 0 Å². The zero-order valence-corrected chi connectivity index (χ0v) is 12.6. The van der Waals surface area contributed by atoms with Crippen LogP contribution in [0.15, 0.2) is 46.5 Å². The zero-order chi connectivity index (χ0) is 15.5. The SMILES string of the molecule is CNCc1ccc(Sc2ncccc2Cl)c(C(F)(F)F)c1. The summed E-state index contributed by atoms with van der Waals surface area (Å²) in [6.45, 7) is 0.373. The van der Waals surface area contributed by atoms with Crippen molar-refractivity contribution >= 4 is 23.4 Å². The van der Waals surface area contributed by atoms with Gasteiger partial charge in [0, 0.05) is 17.6 Å². The summed E-state index contributed by atoms with van der Waals surface area (Å²) in [6, 6.07) is 7.48. The van der Waals surface area contributed by atoms with Gasteiger partial charge in [-0.05, 0) is 36.9 Å². The van der Waals surface area contributed by atoms with Crippen LogP contribution >= 0.6 is 23.4 Å². The van der Waals surface area contributed by atoms with Crippen molar-refractivity contribution in [3.05, 3.63) is 52.7 Å². The van der Waals surface area contributed by atoms with E-state index in [1.807, 2.05) is 0 Å². The van der Waals surface area contributed by atoms with Crippen LogP contribution in [0.1, 0.15) is 11.1 Å². The minimum atomic E-state index is -4.42. The molecule has 0 fully saturated rings. The van der Waals surface area contributed by atoms with Crippen LogP contribution in [0.2, 0.25) is 5.02 Å². The molecule has 1 aromatic heterocycles. The topological polar surface area (TPSA) is 24.9 Å². The Balaban J connectivity index is 2.41. The third kappa shape index (κ3) is 4.12. The highest BCUT2D eigenvalue weighted by molar-refractivity contribution is 7.99. The van der Waals surface area contributed by atoms with Crippen LogP contribution in [0, 0.1) is 0 Å². The molecule has 2 rings (SSSR count). The molecular weight excluding hydrogens is 321 g/mol. The molecule has 112 valence electrons. The van der Waals surface area contributed by atoms with E-state index in [1.165, 1.54) is 12.3 Å². The number of halogens is 4. The van der Waals surface area contributed by atoms with Gasteiger partial charge in [-0.25, -0.2) is 4.98 Å². The second-order valence-electron chi connectivity index (χ2n) is 4.25. The summed E-state index contributed by atoms with van der Waals surface area (Å²) in [5.41, 5.74) is -0.108. The predicted molar refractivity (Wildman–Crippen MR) is 77.6 cm³/mol. The Morgan fingerprint density at radius 2 is 2.05 bits per heavy atom. The first kappa shape index (κ1) is 16.1. The molecule has 0 aliphatic rings. The molecule has 0 unspecified atom stereocenters. The summed E-state index contributed by atoms with van der Waals surface area (Å²) in [6.07, 6.45) is -2.93. The number of aromatic nitrogens is 1. The molecule has 0 saturated carbocycles. The van der Waals surface area contributed by atoms with Gasteiger partial charge < -0.3 is 5.32 Å². The Morgan fingerprint density at radius 3 is 2.67 bits per heavy atom. The summed E-state index contributed by atoms with van der Waals surface area (Å²) < 4.78 is 39.6. The Morgan fingerprint density at radius 1 is 1.29 bits per heavy atom. The average molecular weight is 333 g/mol. The van der Waals surface area contributed by atoms with E-state index in [9.17, 15) is 13.2 Å². The van der Waals surface area contributed by atoms with Crippen LogP contribution in [0.5, 0.6) is 0 Å². The van der Waals surface area contributed by atoms with E-state index in [4.69, 9.17) is 11.6 Å². The summed E-state index contributed by atoms with van der Waals surface area (Å²) in [4.78, 5) is 4.09. The number of pyridine rings is 1. The molecular formula is C14H12ClF3N2S. The quantitative estimate of drug-likeness (QED) is 0.884. The van der Waals surface area contributed by atoms with Gasteiger partial charge in [-0.15, -0.1) is 0 Å². The molecule has 0 bridgehead atoms. The lowest BCUT2D eigenvalue weighted by atomic mass is 10.1. The number of hydrogen-bond donors (Lipinski definition) is 1. The number of rotatable bonds is 4. The van der Waals surface area contributed by atoms with Crippen molar-refractivity contribution in [1.82, 2.24) is 10.3 Å². The highest BCUT2D eigenvalue weighted by Gasteiger charge is 2.34. The van der Waals surface area contributed by atoms with E-state index in [1.54, 1.807) is 25.2 Å². The standard InChI is InChI=1S/C14H12ClF3N2S/c1-19-8-9-4-5-12(10(7-9)14(16,17)18)21-13-11(15)3-2-6-20-13/h2-7,19H,8H2,1H3. The van der Waals surface area contributed by atoms with Gasteiger partial charge in [0.15, 0.2) is 0 Å². The molecule has 2 nitrogen and oxygen atoms in total. The van der Waals surface area contributed by atoms with Gasteiger partial charge in [-0.2, -0.15) is 13.2 Å². The van der Waals surface area contributed by atoms with E-state index >= 15 is 0 Å². The molecule has 21 heavy (non-hydrogen) atoms. The van der Waals surface area contributed by atoms with Gasteiger partial charge in [0.2, 0.25) is 0 Å². The molecule has 0 radical (unpaired) electrons. The second-order valence-corrected chi connectivity index (χ2v) is 5.69. The fourth-order valence-corrected chi connectivity index (χ4v) is 2.90. The third-order valence-electron chi connectivity index (χ3n) is 2.66. The first-order chi connectivity index (χ1) is 9.91. The normalized spacial score (nSPS) is 11.7. The van der Waals surface area contributed by atoms with Gasteiger partial charge in [-0.1, -0.05) is 29.4 Å². The highest BCUT2D eigenvalue weighted by Crippen LogP contribution is 2.41. The third-order valence-corrected chi connectivity index (χ3v) is 4.17. The average Bonchev–Trinajstić information content (AvgIpc) is 2.42. The van der Waals surface area contributed by atoms with Crippen molar-refractivity contribution < 1.29 is 13.2 Å².